The molecule has 1 atom stereocenters. The largest absolute Gasteiger partial charge is 0.353 e. The average Bonchev–Trinajstić information content (AvgIpc) is 3.01. The molecule has 3 rings (SSSR count). The molecule has 2 aliphatic rings. The van der Waals surface area contributed by atoms with Crippen molar-refractivity contribution in [3.05, 3.63) is 18.5 Å². The standard InChI is InChI=1S/C16H24N4O/c1-16(14(21)19-13-6-2-3-7-13)8-4-11-20(12-16)15-17-9-5-10-18-15/h5,9-10,13H,2-4,6-8,11-12H2,1H3,(H,19,21)/t16-/m0/s1. The van der Waals surface area contributed by atoms with Crippen molar-refractivity contribution in [3.63, 3.8) is 0 Å². The maximum absolute atomic E-state index is 12.7. The van der Waals surface area contributed by atoms with Crippen LogP contribution in [0.1, 0.15) is 45.4 Å². The average molecular weight is 288 g/mol. The molecule has 1 aliphatic heterocycles. The van der Waals surface area contributed by atoms with Gasteiger partial charge in [0.05, 0.1) is 5.41 Å². The zero-order valence-electron chi connectivity index (χ0n) is 12.7. The zero-order chi connectivity index (χ0) is 14.7. The number of anilines is 1. The molecular formula is C16H24N4O. The highest BCUT2D eigenvalue weighted by molar-refractivity contribution is 5.83. The summed E-state index contributed by atoms with van der Waals surface area (Å²) >= 11 is 0. The number of hydrogen-bond donors (Lipinski definition) is 1. The number of carbonyl (C=O) groups excluding carboxylic acids is 1. The summed E-state index contributed by atoms with van der Waals surface area (Å²) in [7, 11) is 0. The van der Waals surface area contributed by atoms with E-state index in [4.69, 9.17) is 0 Å². The van der Waals surface area contributed by atoms with Gasteiger partial charge in [-0.1, -0.05) is 12.8 Å². The van der Waals surface area contributed by atoms with Gasteiger partial charge in [-0.3, -0.25) is 4.79 Å². The minimum absolute atomic E-state index is 0.204. The summed E-state index contributed by atoms with van der Waals surface area (Å²) in [5.41, 5.74) is -0.333. The molecule has 0 aromatic carbocycles. The van der Waals surface area contributed by atoms with Gasteiger partial charge in [-0.15, -0.1) is 0 Å². The van der Waals surface area contributed by atoms with Gasteiger partial charge in [0.1, 0.15) is 0 Å². The molecule has 2 fully saturated rings. The number of hydrogen-bond acceptors (Lipinski definition) is 4. The lowest BCUT2D eigenvalue weighted by Gasteiger charge is -2.39. The van der Waals surface area contributed by atoms with Crippen LogP contribution in [-0.2, 0) is 4.79 Å². The third kappa shape index (κ3) is 3.17. The fourth-order valence-corrected chi connectivity index (χ4v) is 3.48. The molecule has 1 aromatic rings. The molecule has 2 heterocycles. The molecule has 1 saturated carbocycles. The third-order valence-electron chi connectivity index (χ3n) is 4.77. The minimum Gasteiger partial charge on any atom is -0.353 e. The Morgan fingerprint density at radius 3 is 2.71 bits per heavy atom. The van der Waals surface area contributed by atoms with Gasteiger partial charge in [-0.25, -0.2) is 9.97 Å². The monoisotopic (exact) mass is 288 g/mol. The second-order valence-electron chi connectivity index (χ2n) is 6.59. The number of carbonyl (C=O) groups is 1. The first-order chi connectivity index (χ1) is 10.2. The second-order valence-corrected chi connectivity index (χ2v) is 6.59. The molecule has 0 radical (unpaired) electrons. The zero-order valence-corrected chi connectivity index (χ0v) is 12.7. The van der Waals surface area contributed by atoms with Gasteiger partial charge < -0.3 is 10.2 Å². The maximum atomic E-state index is 12.7. The van der Waals surface area contributed by atoms with Crippen LogP contribution in [0.25, 0.3) is 0 Å². The number of nitrogens with zero attached hydrogens (tertiary/aromatic N) is 3. The molecule has 0 bridgehead atoms. The molecule has 5 heteroatoms. The van der Waals surface area contributed by atoms with Crippen molar-refractivity contribution in [3.8, 4) is 0 Å². The lowest BCUT2D eigenvalue weighted by molar-refractivity contribution is -0.131. The van der Waals surface area contributed by atoms with Crippen LogP contribution in [-0.4, -0.2) is 35.0 Å². The van der Waals surface area contributed by atoms with E-state index in [9.17, 15) is 4.79 Å². The Morgan fingerprint density at radius 1 is 1.29 bits per heavy atom. The molecule has 114 valence electrons. The fraction of sp³-hybridized carbons (Fsp3) is 0.688. The Balaban J connectivity index is 1.67. The van der Waals surface area contributed by atoms with Crippen LogP contribution in [0.15, 0.2) is 18.5 Å². The van der Waals surface area contributed by atoms with Crippen molar-refractivity contribution in [2.24, 2.45) is 5.41 Å². The quantitative estimate of drug-likeness (QED) is 0.926. The highest BCUT2D eigenvalue weighted by atomic mass is 16.2. The Kier molecular flexibility index (Phi) is 4.08. The smallest absolute Gasteiger partial charge is 0.227 e. The van der Waals surface area contributed by atoms with Crippen LogP contribution in [0.5, 0.6) is 0 Å². The lowest BCUT2D eigenvalue weighted by Crippen LogP contribution is -2.52. The molecule has 1 aliphatic carbocycles. The normalized spacial score (nSPS) is 26.8. The summed E-state index contributed by atoms with van der Waals surface area (Å²) in [6, 6.07) is 2.21. The van der Waals surface area contributed by atoms with Crippen LogP contribution in [0.4, 0.5) is 5.95 Å². The maximum Gasteiger partial charge on any atom is 0.227 e. The molecule has 5 nitrogen and oxygen atoms in total. The first-order valence-electron chi connectivity index (χ1n) is 8.00. The molecule has 1 amide bonds. The van der Waals surface area contributed by atoms with E-state index in [1.807, 2.05) is 6.07 Å². The van der Waals surface area contributed by atoms with E-state index in [1.165, 1.54) is 12.8 Å². The van der Waals surface area contributed by atoms with E-state index in [0.717, 1.165) is 38.2 Å². The van der Waals surface area contributed by atoms with Crippen molar-refractivity contribution in [1.29, 1.82) is 0 Å². The summed E-state index contributed by atoms with van der Waals surface area (Å²) in [6.07, 6.45) is 10.2. The molecule has 1 aromatic heterocycles. The van der Waals surface area contributed by atoms with Gasteiger partial charge >= 0.3 is 0 Å². The fourth-order valence-electron chi connectivity index (χ4n) is 3.48. The van der Waals surface area contributed by atoms with Gasteiger partial charge in [-0.2, -0.15) is 0 Å². The van der Waals surface area contributed by atoms with Gasteiger partial charge in [0.15, 0.2) is 0 Å². The van der Waals surface area contributed by atoms with E-state index in [1.54, 1.807) is 12.4 Å². The Labute approximate surface area is 126 Å². The van der Waals surface area contributed by atoms with Crippen LogP contribution in [0.3, 0.4) is 0 Å². The van der Waals surface area contributed by atoms with Crippen LogP contribution in [0.2, 0.25) is 0 Å². The SMILES string of the molecule is C[C@]1(C(=O)NC2CCCC2)CCCN(c2ncccn2)C1. The Hall–Kier alpha value is -1.65. The van der Waals surface area contributed by atoms with E-state index in [-0.39, 0.29) is 11.3 Å². The van der Waals surface area contributed by atoms with E-state index in [0.29, 0.717) is 12.6 Å². The van der Waals surface area contributed by atoms with Crippen LogP contribution in [0, 0.1) is 5.41 Å². The van der Waals surface area contributed by atoms with E-state index >= 15 is 0 Å². The van der Waals surface area contributed by atoms with Crippen LogP contribution >= 0.6 is 0 Å². The van der Waals surface area contributed by atoms with Crippen molar-refractivity contribution < 1.29 is 4.79 Å². The lowest BCUT2D eigenvalue weighted by atomic mass is 9.81. The van der Waals surface area contributed by atoms with Crippen LogP contribution < -0.4 is 10.2 Å². The highest BCUT2D eigenvalue weighted by Gasteiger charge is 2.39. The van der Waals surface area contributed by atoms with Crippen molar-refractivity contribution in [2.75, 3.05) is 18.0 Å². The Bertz CT molecular complexity index is 486. The molecule has 21 heavy (non-hydrogen) atoms. The van der Waals surface area contributed by atoms with E-state index in [2.05, 4.69) is 27.1 Å². The van der Waals surface area contributed by atoms with Crippen molar-refractivity contribution >= 4 is 11.9 Å². The second kappa shape index (κ2) is 6.00. The minimum atomic E-state index is -0.333. The molecular weight excluding hydrogens is 264 g/mol. The summed E-state index contributed by atoms with van der Waals surface area (Å²) in [6.45, 7) is 3.71. The van der Waals surface area contributed by atoms with Gasteiger partial charge in [0.2, 0.25) is 11.9 Å². The number of piperidine rings is 1. The number of amides is 1. The van der Waals surface area contributed by atoms with Crippen molar-refractivity contribution in [1.82, 2.24) is 15.3 Å². The van der Waals surface area contributed by atoms with Gasteiger partial charge in [0, 0.05) is 31.5 Å². The predicted octanol–water partition coefficient (Wildman–Crippen LogP) is 2.14. The summed E-state index contributed by atoms with van der Waals surface area (Å²) < 4.78 is 0. The molecule has 1 saturated heterocycles. The topological polar surface area (TPSA) is 58.1 Å². The summed E-state index contributed by atoms with van der Waals surface area (Å²) in [5, 5.41) is 3.25. The predicted molar refractivity (Wildman–Crippen MR) is 82.0 cm³/mol. The first-order valence-corrected chi connectivity index (χ1v) is 8.00. The van der Waals surface area contributed by atoms with Gasteiger partial charge in [0.25, 0.3) is 0 Å². The van der Waals surface area contributed by atoms with E-state index < -0.39 is 0 Å². The molecule has 0 unspecified atom stereocenters. The number of nitrogens with one attached hydrogen (secondary N) is 1. The number of rotatable bonds is 3. The molecule has 1 N–H and O–H groups in total. The van der Waals surface area contributed by atoms with Crippen molar-refractivity contribution in [2.45, 2.75) is 51.5 Å². The summed E-state index contributed by atoms with van der Waals surface area (Å²) in [4.78, 5) is 23.4. The highest BCUT2D eigenvalue weighted by Crippen LogP contribution is 2.32. The number of aromatic nitrogens is 2. The Morgan fingerprint density at radius 2 is 2.00 bits per heavy atom. The first kappa shape index (κ1) is 14.3. The molecule has 0 spiro atoms. The third-order valence-corrected chi connectivity index (χ3v) is 4.77. The van der Waals surface area contributed by atoms with Gasteiger partial charge in [-0.05, 0) is 38.7 Å². The summed E-state index contributed by atoms with van der Waals surface area (Å²) in [5.74, 6) is 0.937.